The Kier molecular flexibility index (Phi) is 5.39. The third kappa shape index (κ3) is 4.19. The second-order valence-electron chi connectivity index (χ2n) is 6.12. The molecule has 8 heteroatoms. The highest BCUT2D eigenvalue weighted by atomic mass is 79.9. The second kappa shape index (κ2) is 7.53. The Morgan fingerprint density at radius 2 is 1.84 bits per heavy atom. The molecule has 1 heterocycles. The van der Waals surface area contributed by atoms with Crippen molar-refractivity contribution < 1.29 is 9.59 Å². The van der Waals surface area contributed by atoms with Gasteiger partial charge in [0.1, 0.15) is 4.88 Å². The summed E-state index contributed by atoms with van der Waals surface area (Å²) in [6, 6.07) is 7.75. The summed E-state index contributed by atoms with van der Waals surface area (Å²) < 4.78 is 1.01. The number of carbonyl (C=O) groups is 2. The topological polar surface area (TPSA) is 97.1 Å². The first-order valence-electron chi connectivity index (χ1n) is 8.09. The molecule has 25 heavy (non-hydrogen) atoms. The van der Waals surface area contributed by atoms with Crippen LogP contribution in [0.25, 0.3) is 0 Å². The van der Waals surface area contributed by atoms with Crippen molar-refractivity contribution in [3.63, 3.8) is 0 Å². The number of halogens is 1. The Hall–Kier alpha value is -1.93. The lowest BCUT2D eigenvalue weighted by atomic mass is 9.76. The minimum absolute atomic E-state index is 0.315. The van der Waals surface area contributed by atoms with Gasteiger partial charge < -0.3 is 11.1 Å². The normalized spacial score (nSPS) is 16.2. The average molecular weight is 423 g/mol. The zero-order valence-corrected chi connectivity index (χ0v) is 16.0. The molecule has 1 aliphatic rings. The monoisotopic (exact) mass is 422 g/mol. The van der Waals surface area contributed by atoms with Crippen LogP contribution in [0.5, 0.6) is 0 Å². The van der Waals surface area contributed by atoms with Gasteiger partial charge in [-0.3, -0.25) is 10.1 Å². The summed E-state index contributed by atoms with van der Waals surface area (Å²) >= 11 is 4.52. The fourth-order valence-corrected chi connectivity index (χ4v) is 4.13. The highest BCUT2D eigenvalue weighted by Crippen LogP contribution is 2.37. The van der Waals surface area contributed by atoms with Crippen molar-refractivity contribution in [3.05, 3.63) is 45.4 Å². The number of hydrogen-bond donors (Lipinski definition) is 3. The van der Waals surface area contributed by atoms with Crippen molar-refractivity contribution in [1.82, 2.24) is 10.3 Å². The molecule has 132 valence electrons. The van der Waals surface area contributed by atoms with Crippen molar-refractivity contribution >= 4 is 44.3 Å². The number of thiazole rings is 1. The number of anilines is 1. The van der Waals surface area contributed by atoms with Crippen LogP contribution in [0.2, 0.25) is 0 Å². The molecule has 4 N–H and O–H groups in total. The highest BCUT2D eigenvalue weighted by molar-refractivity contribution is 9.10. The zero-order valence-electron chi connectivity index (χ0n) is 13.5. The summed E-state index contributed by atoms with van der Waals surface area (Å²) in [7, 11) is 0. The van der Waals surface area contributed by atoms with Gasteiger partial charge in [0.15, 0.2) is 5.13 Å². The van der Waals surface area contributed by atoms with Crippen LogP contribution in [0.15, 0.2) is 34.9 Å². The van der Waals surface area contributed by atoms with Crippen molar-refractivity contribution in [3.8, 4) is 0 Å². The smallest absolute Gasteiger partial charge is 0.321 e. The Morgan fingerprint density at radius 1 is 1.16 bits per heavy atom. The van der Waals surface area contributed by atoms with E-state index in [1.165, 1.54) is 12.6 Å². The average Bonchev–Trinajstić information content (AvgIpc) is 3.05. The fourth-order valence-electron chi connectivity index (χ4n) is 3.20. The molecule has 1 aliphatic carbocycles. The van der Waals surface area contributed by atoms with Gasteiger partial charge in [-0.15, -0.1) is 0 Å². The molecular weight excluding hydrogens is 404 g/mol. The minimum atomic E-state index is -0.551. The van der Waals surface area contributed by atoms with E-state index in [9.17, 15) is 9.59 Å². The quantitative estimate of drug-likeness (QED) is 0.694. The number of rotatable bonds is 4. The van der Waals surface area contributed by atoms with Gasteiger partial charge in [-0.2, -0.15) is 0 Å². The van der Waals surface area contributed by atoms with Gasteiger partial charge in [0.05, 0.1) is 11.7 Å². The lowest BCUT2D eigenvalue weighted by molar-refractivity contribution is 0.100. The molecule has 0 aliphatic heterocycles. The van der Waals surface area contributed by atoms with Crippen LogP contribution in [0.3, 0.4) is 0 Å². The van der Waals surface area contributed by atoms with Gasteiger partial charge >= 0.3 is 6.03 Å². The maximum absolute atomic E-state index is 12.5. The first kappa shape index (κ1) is 17.9. The third-order valence-corrected chi connectivity index (χ3v) is 5.88. The van der Waals surface area contributed by atoms with E-state index in [0.29, 0.717) is 10.0 Å². The molecule has 3 amide bonds. The molecular formula is C17H19BrN4O2S. The van der Waals surface area contributed by atoms with Crippen LogP contribution >= 0.6 is 27.3 Å². The minimum Gasteiger partial charge on any atom is -0.365 e. The molecule has 1 saturated carbocycles. The van der Waals surface area contributed by atoms with Gasteiger partial charge in [0, 0.05) is 4.47 Å². The van der Waals surface area contributed by atoms with E-state index in [0.717, 1.165) is 47.1 Å². The van der Waals surface area contributed by atoms with E-state index in [-0.39, 0.29) is 11.6 Å². The van der Waals surface area contributed by atoms with Crippen LogP contribution in [0.4, 0.5) is 9.93 Å². The van der Waals surface area contributed by atoms with E-state index in [1.807, 2.05) is 24.3 Å². The molecule has 0 bridgehead atoms. The predicted octanol–water partition coefficient (Wildman–Crippen LogP) is 3.99. The van der Waals surface area contributed by atoms with Crippen molar-refractivity contribution in [2.45, 2.75) is 37.6 Å². The number of nitrogens with zero attached hydrogens (tertiary/aromatic N) is 1. The van der Waals surface area contributed by atoms with E-state index in [4.69, 9.17) is 5.73 Å². The number of nitrogens with one attached hydrogen (secondary N) is 2. The Labute approximate surface area is 158 Å². The van der Waals surface area contributed by atoms with Crippen LogP contribution in [0, 0.1) is 0 Å². The maximum atomic E-state index is 12.5. The Balaban J connectivity index is 1.76. The number of carbonyl (C=O) groups excluding carboxylic acids is 2. The molecule has 0 radical (unpaired) electrons. The number of benzene rings is 1. The molecule has 1 aromatic carbocycles. The van der Waals surface area contributed by atoms with Crippen molar-refractivity contribution in [1.29, 1.82) is 0 Å². The zero-order chi connectivity index (χ0) is 17.9. The van der Waals surface area contributed by atoms with Gasteiger partial charge in [0.2, 0.25) is 0 Å². The summed E-state index contributed by atoms with van der Waals surface area (Å²) in [6.07, 6.45) is 6.47. The maximum Gasteiger partial charge on any atom is 0.321 e. The van der Waals surface area contributed by atoms with Crippen LogP contribution in [0.1, 0.15) is 47.3 Å². The van der Waals surface area contributed by atoms with E-state index >= 15 is 0 Å². The second-order valence-corrected chi connectivity index (χ2v) is 8.07. The van der Waals surface area contributed by atoms with E-state index in [2.05, 4.69) is 31.5 Å². The molecule has 3 rings (SSSR count). The van der Waals surface area contributed by atoms with Crippen LogP contribution in [-0.4, -0.2) is 16.9 Å². The predicted molar refractivity (Wildman–Crippen MR) is 102 cm³/mol. The highest BCUT2D eigenvalue weighted by Gasteiger charge is 2.35. The summed E-state index contributed by atoms with van der Waals surface area (Å²) in [4.78, 5) is 28.0. The summed E-state index contributed by atoms with van der Waals surface area (Å²) in [5.74, 6) is -0.551. The summed E-state index contributed by atoms with van der Waals surface area (Å²) in [5, 5.41) is 6.21. The molecule has 0 unspecified atom stereocenters. The van der Waals surface area contributed by atoms with Crippen molar-refractivity contribution in [2.24, 2.45) is 5.73 Å². The number of aromatic nitrogens is 1. The molecule has 0 saturated heterocycles. The van der Waals surface area contributed by atoms with E-state index < -0.39 is 5.91 Å². The van der Waals surface area contributed by atoms with Gasteiger partial charge in [-0.05, 0) is 30.5 Å². The number of nitrogens with two attached hydrogens (primary N) is 1. The van der Waals surface area contributed by atoms with Crippen LogP contribution < -0.4 is 16.4 Å². The molecule has 1 fully saturated rings. The van der Waals surface area contributed by atoms with E-state index in [1.54, 1.807) is 0 Å². The molecule has 6 nitrogen and oxygen atoms in total. The first-order valence-corrected chi connectivity index (χ1v) is 9.70. The standard InChI is InChI=1S/C17H19BrN4O2S/c18-12-6-4-11(5-7-12)17(8-2-1-3-9-17)22-15(24)21-16-20-10-13(25-16)14(19)23/h4-7,10H,1-3,8-9H2,(H2,19,23)(H2,20,21,22,24). The molecule has 0 spiro atoms. The largest absolute Gasteiger partial charge is 0.365 e. The number of primary amides is 1. The fraction of sp³-hybridized carbons (Fsp3) is 0.353. The SMILES string of the molecule is NC(=O)c1cnc(NC(=O)NC2(c3ccc(Br)cc3)CCCCC2)s1. The van der Waals surface area contributed by atoms with Gasteiger partial charge in [0.25, 0.3) is 5.91 Å². The number of amides is 3. The van der Waals surface area contributed by atoms with Gasteiger partial charge in [-0.1, -0.05) is 58.7 Å². The molecule has 2 aromatic rings. The van der Waals surface area contributed by atoms with Crippen molar-refractivity contribution in [2.75, 3.05) is 5.32 Å². The number of urea groups is 1. The van der Waals surface area contributed by atoms with Crippen LogP contribution in [-0.2, 0) is 5.54 Å². The first-order chi connectivity index (χ1) is 12.0. The summed E-state index contributed by atoms with van der Waals surface area (Å²) in [5.41, 5.74) is 5.93. The molecule has 0 atom stereocenters. The van der Waals surface area contributed by atoms with Gasteiger partial charge in [-0.25, -0.2) is 9.78 Å². The summed E-state index contributed by atoms with van der Waals surface area (Å²) in [6.45, 7) is 0. The lowest BCUT2D eigenvalue weighted by Crippen LogP contribution is -2.48. The Bertz CT molecular complexity index is 769. The lowest BCUT2D eigenvalue weighted by Gasteiger charge is -2.38. The Morgan fingerprint density at radius 3 is 2.44 bits per heavy atom. The molecule has 1 aromatic heterocycles. The number of hydrogen-bond acceptors (Lipinski definition) is 4. The third-order valence-electron chi connectivity index (χ3n) is 4.43.